The van der Waals surface area contributed by atoms with Gasteiger partial charge in [0, 0.05) is 11.3 Å². The monoisotopic (exact) mass is 333 g/mol. The van der Waals surface area contributed by atoms with E-state index in [2.05, 4.69) is 5.32 Å². The Labute approximate surface area is 138 Å². The van der Waals surface area contributed by atoms with Gasteiger partial charge in [0.2, 0.25) is 5.91 Å². The maximum Gasteiger partial charge on any atom is 0.313 e. The molecule has 0 aromatic heterocycles. The molecule has 0 aliphatic rings. The van der Waals surface area contributed by atoms with Crippen LogP contribution in [0.15, 0.2) is 42.5 Å². The van der Waals surface area contributed by atoms with E-state index in [1.54, 1.807) is 38.1 Å². The maximum absolute atomic E-state index is 13.5. The van der Waals surface area contributed by atoms with Gasteiger partial charge >= 0.3 is 5.97 Å². The van der Waals surface area contributed by atoms with E-state index < -0.39 is 28.9 Å². The van der Waals surface area contributed by atoms with Crippen LogP contribution in [0.1, 0.15) is 25.0 Å². The molecule has 2 N–H and O–H groups in total. The molecule has 0 spiro atoms. The van der Waals surface area contributed by atoms with Gasteiger partial charge in [-0.2, -0.15) is 0 Å². The summed E-state index contributed by atoms with van der Waals surface area (Å²) in [4.78, 5) is 23.2. The lowest BCUT2D eigenvalue weighted by Gasteiger charge is -2.19. The molecule has 126 valence electrons. The molecule has 2 aromatic rings. The summed E-state index contributed by atoms with van der Waals surface area (Å²) in [7, 11) is 0. The summed E-state index contributed by atoms with van der Waals surface area (Å²) < 4.78 is 26.6. The van der Waals surface area contributed by atoms with E-state index in [-0.39, 0.29) is 12.0 Å². The molecule has 1 amide bonds. The highest BCUT2D eigenvalue weighted by Gasteiger charge is 2.29. The first-order valence-corrected chi connectivity index (χ1v) is 7.28. The van der Waals surface area contributed by atoms with Crippen LogP contribution in [0.5, 0.6) is 0 Å². The molecule has 2 rings (SSSR count). The minimum Gasteiger partial charge on any atom is -0.481 e. The minimum absolute atomic E-state index is 0.0314. The number of hydrogen-bond acceptors (Lipinski definition) is 2. The Morgan fingerprint density at radius 1 is 1.08 bits per heavy atom. The molecule has 0 fully saturated rings. The van der Waals surface area contributed by atoms with Crippen LogP contribution in [0, 0.1) is 11.6 Å². The second-order valence-electron chi connectivity index (χ2n) is 5.97. The highest BCUT2D eigenvalue weighted by Crippen LogP contribution is 2.25. The molecule has 0 aliphatic heterocycles. The van der Waals surface area contributed by atoms with Crippen LogP contribution in [-0.4, -0.2) is 17.0 Å². The number of carbonyl (C=O) groups is 2. The fourth-order valence-corrected chi connectivity index (χ4v) is 2.15. The molecule has 0 heterocycles. The predicted octanol–water partition coefficient (Wildman–Crippen LogP) is 3.51. The Kier molecular flexibility index (Phi) is 4.97. The summed E-state index contributed by atoms with van der Waals surface area (Å²) >= 11 is 0. The molecule has 24 heavy (non-hydrogen) atoms. The number of aliphatic carboxylic acids is 1. The average Bonchev–Trinajstić information content (AvgIpc) is 2.51. The second kappa shape index (κ2) is 6.78. The number of amides is 1. The van der Waals surface area contributed by atoms with Gasteiger partial charge in [0.25, 0.3) is 0 Å². The topological polar surface area (TPSA) is 66.4 Å². The fourth-order valence-electron chi connectivity index (χ4n) is 2.15. The van der Waals surface area contributed by atoms with Crippen LogP contribution < -0.4 is 5.32 Å². The van der Waals surface area contributed by atoms with E-state index in [9.17, 15) is 23.5 Å². The van der Waals surface area contributed by atoms with Gasteiger partial charge in [-0.05, 0) is 49.7 Å². The van der Waals surface area contributed by atoms with Crippen LogP contribution in [0.2, 0.25) is 0 Å². The third-order valence-corrected chi connectivity index (χ3v) is 3.78. The van der Waals surface area contributed by atoms with Crippen LogP contribution in [0.3, 0.4) is 0 Å². The molecule has 4 nitrogen and oxygen atoms in total. The maximum atomic E-state index is 13.5. The van der Waals surface area contributed by atoms with Crippen molar-refractivity contribution in [2.24, 2.45) is 0 Å². The molecule has 0 atom stereocenters. The number of carboxylic acid groups (broad SMARTS) is 1. The second-order valence-corrected chi connectivity index (χ2v) is 5.97. The predicted molar refractivity (Wildman–Crippen MR) is 85.8 cm³/mol. The van der Waals surface area contributed by atoms with E-state index in [4.69, 9.17) is 0 Å². The first-order chi connectivity index (χ1) is 11.2. The molecule has 2 aromatic carbocycles. The van der Waals surface area contributed by atoms with Crippen molar-refractivity contribution in [3.63, 3.8) is 0 Å². The van der Waals surface area contributed by atoms with Gasteiger partial charge in [0.1, 0.15) is 11.6 Å². The number of anilines is 1. The van der Waals surface area contributed by atoms with Gasteiger partial charge in [-0.25, -0.2) is 8.78 Å². The highest BCUT2D eigenvalue weighted by atomic mass is 19.1. The van der Waals surface area contributed by atoms with Gasteiger partial charge < -0.3 is 10.4 Å². The zero-order chi connectivity index (χ0) is 17.9. The van der Waals surface area contributed by atoms with Gasteiger partial charge in [0.05, 0.1) is 11.8 Å². The van der Waals surface area contributed by atoms with Crippen molar-refractivity contribution in [3.8, 4) is 0 Å². The molecule has 0 bridgehead atoms. The highest BCUT2D eigenvalue weighted by molar-refractivity contribution is 5.92. The fraction of sp³-hybridized carbons (Fsp3) is 0.222. The van der Waals surface area contributed by atoms with Gasteiger partial charge in [0.15, 0.2) is 0 Å². The van der Waals surface area contributed by atoms with E-state index in [0.717, 1.165) is 18.2 Å². The normalized spacial score (nSPS) is 11.2. The zero-order valence-electron chi connectivity index (χ0n) is 13.3. The van der Waals surface area contributed by atoms with Crippen molar-refractivity contribution in [1.82, 2.24) is 0 Å². The van der Waals surface area contributed by atoms with E-state index in [0.29, 0.717) is 11.3 Å². The summed E-state index contributed by atoms with van der Waals surface area (Å²) in [6.45, 7) is 3.16. The van der Waals surface area contributed by atoms with Crippen molar-refractivity contribution in [3.05, 3.63) is 65.2 Å². The summed E-state index contributed by atoms with van der Waals surface area (Å²) in [5, 5.41) is 11.8. The van der Waals surface area contributed by atoms with Crippen LogP contribution in [-0.2, 0) is 21.4 Å². The Hall–Kier alpha value is -2.76. The summed E-state index contributed by atoms with van der Waals surface area (Å²) in [5.74, 6) is -2.71. The van der Waals surface area contributed by atoms with E-state index >= 15 is 0 Å². The summed E-state index contributed by atoms with van der Waals surface area (Å²) in [6, 6.07) is 9.28. The zero-order valence-corrected chi connectivity index (χ0v) is 13.3. The van der Waals surface area contributed by atoms with Crippen molar-refractivity contribution in [2.75, 3.05) is 5.32 Å². The lowest BCUT2D eigenvalue weighted by atomic mass is 9.85. The summed E-state index contributed by atoms with van der Waals surface area (Å²) in [6.07, 6.45) is -0.300. The number of carbonyl (C=O) groups excluding carboxylic acids is 1. The number of halogens is 2. The van der Waals surface area contributed by atoms with Crippen LogP contribution in [0.4, 0.5) is 14.5 Å². The number of nitrogens with one attached hydrogen (secondary N) is 1. The summed E-state index contributed by atoms with van der Waals surface area (Å²) in [5.41, 5.74) is -0.0465. The Morgan fingerprint density at radius 3 is 2.29 bits per heavy atom. The van der Waals surface area contributed by atoms with Crippen LogP contribution in [0.25, 0.3) is 0 Å². The number of carboxylic acids is 1. The van der Waals surface area contributed by atoms with Crippen LogP contribution >= 0.6 is 0 Å². The van der Waals surface area contributed by atoms with Crippen molar-refractivity contribution >= 4 is 17.6 Å². The molecule has 0 aliphatic carbocycles. The standard InChI is InChI=1S/C18H17F2NO3/c1-18(2,17(23)24)12-3-6-14(7-4-12)21-16(22)10-11-9-13(19)5-8-15(11)20/h3-9H,10H2,1-2H3,(H,21,22)(H,23,24). The Balaban J connectivity index is 2.07. The first kappa shape index (κ1) is 17.6. The third-order valence-electron chi connectivity index (χ3n) is 3.78. The van der Waals surface area contributed by atoms with Crippen molar-refractivity contribution in [2.45, 2.75) is 25.7 Å². The number of hydrogen-bond donors (Lipinski definition) is 2. The average molecular weight is 333 g/mol. The molecule has 0 saturated carbocycles. The molecule has 6 heteroatoms. The number of rotatable bonds is 5. The molecular formula is C18H17F2NO3. The molecule has 0 radical (unpaired) electrons. The third kappa shape index (κ3) is 3.95. The van der Waals surface area contributed by atoms with Gasteiger partial charge in [-0.15, -0.1) is 0 Å². The Morgan fingerprint density at radius 2 is 1.71 bits per heavy atom. The molecule has 0 unspecified atom stereocenters. The van der Waals surface area contributed by atoms with E-state index in [1.807, 2.05) is 0 Å². The Bertz CT molecular complexity index is 770. The smallest absolute Gasteiger partial charge is 0.313 e. The van der Waals surface area contributed by atoms with Crippen molar-refractivity contribution < 1.29 is 23.5 Å². The quantitative estimate of drug-likeness (QED) is 0.880. The lowest BCUT2D eigenvalue weighted by molar-refractivity contribution is -0.142. The van der Waals surface area contributed by atoms with Gasteiger partial charge in [-0.3, -0.25) is 9.59 Å². The van der Waals surface area contributed by atoms with E-state index in [1.165, 1.54) is 0 Å². The largest absolute Gasteiger partial charge is 0.481 e. The molecular weight excluding hydrogens is 316 g/mol. The first-order valence-electron chi connectivity index (χ1n) is 7.28. The number of benzene rings is 2. The van der Waals surface area contributed by atoms with Crippen molar-refractivity contribution in [1.29, 1.82) is 0 Å². The SMILES string of the molecule is CC(C)(C(=O)O)c1ccc(NC(=O)Cc2cc(F)ccc2F)cc1. The lowest BCUT2D eigenvalue weighted by Crippen LogP contribution is -2.28. The molecule has 0 saturated heterocycles. The minimum atomic E-state index is -1.05. The van der Waals surface area contributed by atoms with Gasteiger partial charge in [-0.1, -0.05) is 12.1 Å².